The second-order valence-electron chi connectivity index (χ2n) is 3.74. The first kappa shape index (κ1) is 11.1. The lowest BCUT2D eigenvalue weighted by Gasteiger charge is -2.29. The molecule has 78 valence electrons. The average Bonchev–Trinajstić information content (AvgIpc) is 2.19. The molecule has 1 aromatic rings. The van der Waals surface area contributed by atoms with Gasteiger partial charge in [0.05, 0.1) is 11.7 Å². The first-order valence-corrected chi connectivity index (χ1v) is 4.91. The molecule has 1 N–H and O–H groups in total. The highest BCUT2D eigenvalue weighted by Gasteiger charge is 2.20. The molecule has 0 saturated carbocycles. The van der Waals surface area contributed by atoms with E-state index in [-0.39, 0.29) is 0 Å². The minimum atomic E-state index is 0.321. The van der Waals surface area contributed by atoms with Crippen LogP contribution in [0.1, 0.15) is 18.7 Å². The molecule has 0 aromatic carbocycles. The predicted molar refractivity (Wildman–Crippen MR) is 59.2 cm³/mol. The molecule has 0 bridgehead atoms. The second kappa shape index (κ2) is 5.08. The summed E-state index contributed by atoms with van der Waals surface area (Å²) in [6.45, 7) is 2.17. The van der Waals surface area contributed by atoms with Crippen LogP contribution < -0.4 is 5.32 Å². The molecule has 0 fully saturated rings. The number of pyridine rings is 1. The van der Waals surface area contributed by atoms with Gasteiger partial charge in [-0.15, -0.1) is 0 Å². The van der Waals surface area contributed by atoms with Crippen molar-refractivity contribution in [2.24, 2.45) is 0 Å². The van der Waals surface area contributed by atoms with Crippen molar-refractivity contribution in [3.63, 3.8) is 0 Å². The summed E-state index contributed by atoms with van der Waals surface area (Å²) in [5.41, 5.74) is 1.11. The number of hydrogen-bond acceptors (Lipinski definition) is 3. The molecular weight excluding hydrogens is 174 g/mol. The maximum absolute atomic E-state index is 4.39. The minimum Gasteiger partial charge on any atom is -0.315 e. The molecule has 0 aliphatic carbocycles. The van der Waals surface area contributed by atoms with Crippen molar-refractivity contribution in [3.8, 4) is 0 Å². The fourth-order valence-electron chi connectivity index (χ4n) is 1.68. The van der Waals surface area contributed by atoms with Crippen molar-refractivity contribution in [2.75, 3.05) is 21.1 Å². The summed E-state index contributed by atoms with van der Waals surface area (Å²) < 4.78 is 0. The van der Waals surface area contributed by atoms with Crippen LogP contribution in [0.3, 0.4) is 0 Å². The molecular formula is C11H19N3. The third-order valence-electron chi connectivity index (χ3n) is 2.48. The monoisotopic (exact) mass is 193 g/mol. The lowest BCUT2D eigenvalue weighted by molar-refractivity contribution is 0.242. The van der Waals surface area contributed by atoms with Crippen molar-refractivity contribution in [2.45, 2.75) is 19.0 Å². The maximum atomic E-state index is 4.39. The number of rotatable bonds is 4. The smallest absolute Gasteiger partial charge is 0.0668 e. The molecule has 0 aliphatic rings. The molecule has 0 amide bonds. The highest BCUT2D eigenvalue weighted by Crippen LogP contribution is 2.19. The molecule has 0 radical (unpaired) electrons. The maximum Gasteiger partial charge on any atom is 0.0668 e. The van der Waals surface area contributed by atoms with E-state index in [1.807, 2.05) is 25.4 Å². The number of aromatic nitrogens is 1. The first-order chi connectivity index (χ1) is 6.66. The van der Waals surface area contributed by atoms with E-state index >= 15 is 0 Å². The van der Waals surface area contributed by atoms with Gasteiger partial charge in [0.15, 0.2) is 0 Å². The summed E-state index contributed by atoms with van der Waals surface area (Å²) in [5, 5.41) is 3.26. The van der Waals surface area contributed by atoms with Crippen molar-refractivity contribution in [1.29, 1.82) is 0 Å². The summed E-state index contributed by atoms with van der Waals surface area (Å²) in [4.78, 5) is 6.57. The van der Waals surface area contributed by atoms with Gasteiger partial charge in [-0.2, -0.15) is 0 Å². The van der Waals surface area contributed by atoms with Crippen molar-refractivity contribution in [3.05, 3.63) is 30.1 Å². The lowest BCUT2D eigenvalue weighted by Crippen LogP contribution is -2.37. The minimum absolute atomic E-state index is 0.321. The topological polar surface area (TPSA) is 28.2 Å². The number of hydrogen-bond donors (Lipinski definition) is 1. The molecule has 1 aromatic heterocycles. The normalized spacial score (nSPS) is 15.5. The third-order valence-corrected chi connectivity index (χ3v) is 2.48. The Morgan fingerprint density at radius 1 is 1.36 bits per heavy atom. The van der Waals surface area contributed by atoms with Gasteiger partial charge in [0, 0.05) is 12.2 Å². The summed E-state index contributed by atoms with van der Waals surface area (Å²) in [6, 6.07) is 6.75. The van der Waals surface area contributed by atoms with E-state index in [9.17, 15) is 0 Å². The zero-order valence-electron chi connectivity index (χ0n) is 9.36. The zero-order valence-corrected chi connectivity index (χ0v) is 9.36. The lowest BCUT2D eigenvalue weighted by atomic mass is 10.1. The Hall–Kier alpha value is -0.930. The van der Waals surface area contributed by atoms with Gasteiger partial charge >= 0.3 is 0 Å². The Morgan fingerprint density at radius 2 is 2.07 bits per heavy atom. The van der Waals surface area contributed by atoms with Gasteiger partial charge < -0.3 is 5.32 Å². The largest absolute Gasteiger partial charge is 0.315 e. The van der Waals surface area contributed by atoms with Crippen LogP contribution in [0.25, 0.3) is 0 Å². The fraction of sp³-hybridized carbons (Fsp3) is 0.545. The van der Waals surface area contributed by atoms with Crippen LogP contribution in [0.4, 0.5) is 0 Å². The molecule has 1 rings (SSSR count). The number of nitrogens with zero attached hydrogens (tertiary/aromatic N) is 2. The average molecular weight is 193 g/mol. The molecule has 14 heavy (non-hydrogen) atoms. The number of likely N-dealkylation sites (N-methyl/N-ethyl adjacent to an activating group) is 2. The van der Waals surface area contributed by atoms with Gasteiger partial charge in [-0.05, 0) is 40.2 Å². The molecule has 0 spiro atoms. The Morgan fingerprint density at radius 3 is 2.50 bits per heavy atom. The molecule has 3 heteroatoms. The summed E-state index contributed by atoms with van der Waals surface area (Å²) >= 11 is 0. The zero-order chi connectivity index (χ0) is 10.6. The standard InChI is InChI=1S/C11H19N3/c1-9(12-2)11(14(3)4)10-7-5-6-8-13-10/h5-9,11-12H,1-4H3/t9-,11+/m0/s1. The summed E-state index contributed by atoms with van der Waals surface area (Å²) in [6.07, 6.45) is 1.84. The number of nitrogens with one attached hydrogen (secondary N) is 1. The highest BCUT2D eigenvalue weighted by molar-refractivity contribution is 5.10. The molecule has 0 unspecified atom stereocenters. The Kier molecular flexibility index (Phi) is 4.04. The quantitative estimate of drug-likeness (QED) is 0.781. The Balaban J connectivity index is 2.89. The van der Waals surface area contributed by atoms with Crippen LogP contribution in [-0.2, 0) is 0 Å². The van der Waals surface area contributed by atoms with Crippen LogP contribution in [0.15, 0.2) is 24.4 Å². The Bertz CT molecular complexity index is 258. The van der Waals surface area contributed by atoms with E-state index in [0.717, 1.165) is 5.69 Å². The van der Waals surface area contributed by atoms with Gasteiger partial charge in [0.1, 0.15) is 0 Å². The molecule has 1 heterocycles. The van der Waals surface area contributed by atoms with Gasteiger partial charge in [-0.25, -0.2) is 0 Å². The summed E-state index contributed by atoms with van der Waals surface area (Å²) in [7, 11) is 6.13. The summed E-state index contributed by atoms with van der Waals surface area (Å²) in [5.74, 6) is 0. The Labute approximate surface area is 86.2 Å². The molecule has 2 atom stereocenters. The molecule has 3 nitrogen and oxygen atoms in total. The van der Waals surface area contributed by atoms with E-state index < -0.39 is 0 Å². The van der Waals surface area contributed by atoms with E-state index in [0.29, 0.717) is 12.1 Å². The van der Waals surface area contributed by atoms with Crippen LogP contribution in [-0.4, -0.2) is 37.1 Å². The van der Waals surface area contributed by atoms with Crippen molar-refractivity contribution < 1.29 is 0 Å². The third kappa shape index (κ3) is 2.53. The van der Waals surface area contributed by atoms with Crippen LogP contribution in [0, 0.1) is 0 Å². The van der Waals surface area contributed by atoms with Crippen LogP contribution >= 0.6 is 0 Å². The first-order valence-electron chi connectivity index (χ1n) is 4.91. The van der Waals surface area contributed by atoms with Crippen molar-refractivity contribution >= 4 is 0 Å². The van der Waals surface area contributed by atoms with Crippen molar-refractivity contribution in [1.82, 2.24) is 15.2 Å². The van der Waals surface area contributed by atoms with E-state index in [1.54, 1.807) is 0 Å². The van der Waals surface area contributed by atoms with Crippen LogP contribution in [0.5, 0.6) is 0 Å². The van der Waals surface area contributed by atoms with Gasteiger partial charge in [0.2, 0.25) is 0 Å². The highest BCUT2D eigenvalue weighted by atomic mass is 15.1. The van der Waals surface area contributed by atoms with Gasteiger partial charge in [-0.1, -0.05) is 6.07 Å². The molecule has 0 saturated heterocycles. The van der Waals surface area contributed by atoms with Gasteiger partial charge in [-0.3, -0.25) is 9.88 Å². The van der Waals surface area contributed by atoms with Crippen LogP contribution in [0.2, 0.25) is 0 Å². The molecule has 0 aliphatic heterocycles. The van der Waals surface area contributed by atoms with E-state index in [2.05, 4.69) is 42.3 Å². The van der Waals surface area contributed by atoms with E-state index in [4.69, 9.17) is 0 Å². The van der Waals surface area contributed by atoms with E-state index in [1.165, 1.54) is 0 Å². The van der Waals surface area contributed by atoms with Gasteiger partial charge in [0.25, 0.3) is 0 Å². The second-order valence-corrected chi connectivity index (χ2v) is 3.74. The SMILES string of the molecule is CN[C@@H](C)[C@H](c1ccccn1)N(C)C. The predicted octanol–water partition coefficient (Wildman–Crippen LogP) is 1.29. The fourth-order valence-corrected chi connectivity index (χ4v) is 1.68.